The van der Waals surface area contributed by atoms with Crippen LogP contribution in [0.3, 0.4) is 0 Å². The number of ketones is 1. The van der Waals surface area contributed by atoms with E-state index in [2.05, 4.69) is 0 Å². The first-order valence-electron chi connectivity index (χ1n) is 6.79. The average Bonchev–Trinajstić information content (AvgIpc) is 2.53. The van der Waals surface area contributed by atoms with Crippen molar-refractivity contribution >= 4 is 11.9 Å². The molecule has 2 rings (SSSR count). The molecule has 3 heteroatoms. The molecule has 0 fully saturated rings. The fourth-order valence-electron chi connectivity index (χ4n) is 1.95. The smallest absolute Gasteiger partial charge is 0.178 e. The first-order valence-corrected chi connectivity index (χ1v) is 6.79. The van der Waals surface area contributed by atoms with Crippen LogP contribution in [0, 0.1) is 5.92 Å². The molecule has 1 aliphatic carbocycles. The van der Waals surface area contributed by atoms with Gasteiger partial charge in [0.15, 0.2) is 5.78 Å². The minimum Gasteiger partial charge on any atom is -0.508 e. The molecule has 1 aliphatic rings. The van der Waals surface area contributed by atoms with E-state index in [1.165, 1.54) is 6.08 Å². The molecule has 0 aliphatic heterocycles. The molecule has 0 spiro atoms. The highest BCUT2D eigenvalue weighted by atomic mass is 16.5. The Morgan fingerprint density at radius 2 is 2.05 bits per heavy atom. The first-order chi connectivity index (χ1) is 10.2. The summed E-state index contributed by atoms with van der Waals surface area (Å²) in [6.07, 6.45) is 13.5. The fourth-order valence-corrected chi connectivity index (χ4v) is 1.95. The molecule has 1 atom stereocenters. The van der Waals surface area contributed by atoms with Crippen molar-refractivity contribution in [2.75, 3.05) is 7.11 Å². The Morgan fingerprint density at radius 1 is 1.29 bits per heavy atom. The lowest BCUT2D eigenvalue weighted by atomic mass is 9.99. The first kappa shape index (κ1) is 14.9. The van der Waals surface area contributed by atoms with Crippen molar-refractivity contribution in [3.63, 3.8) is 0 Å². The molecule has 0 saturated heterocycles. The maximum Gasteiger partial charge on any atom is 0.178 e. The molecule has 3 nitrogen and oxygen atoms in total. The van der Waals surface area contributed by atoms with Crippen LogP contribution in [-0.4, -0.2) is 18.0 Å². The van der Waals surface area contributed by atoms with Crippen LogP contribution in [0.4, 0.5) is 0 Å². The van der Waals surface area contributed by atoms with Gasteiger partial charge in [0.25, 0.3) is 0 Å². The van der Waals surface area contributed by atoms with E-state index in [9.17, 15) is 9.90 Å². The SMILES string of the molecule is COC1=CCC(/C=C/C(=O)/C=C/c2ccc(O)cc2)C=C1. The van der Waals surface area contributed by atoms with Crippen LogP contribution in [0.2, 0.25) is 0 Å². The number of aromatic hydroxyl groups is 1. The molecule has 0 bridgehead atoms. The Labute approximate surface area is 124 Å². The number of hydrogen-bond donors (Lipinski definition) is 1. The van der Waals surface area contributed by atoms with E-state index in [1.54, 1.807) is 43.5 Å². The lowest BCUT2D eigenvalue weighted by molar-refractivity contribution is -0.110. The third-order valence-corrected chi connectivity index (χ3v) is 3.18. The topological polar surface area (TPSA) is 46.5 Å². The predicted octanol–water partition coefficient (Wildman–Crippen LogP) is 3.64. The Bertz CT molecular complexity index is 604. The summed E-state index contributed by atoms with van der Waals surface area (Å²) < 4.78 is 5.12. The van der Waals surface area contributed by atoms with Gasteiger partial charge in [-0.1, -0.05) is 30.4 Å². The maximum atomic E-state index is 11.8. The van der Waals surface area contributed by atoms with Gasteiger partial charge in [0.1, 0.15) is 11.5 Å². The van der Waals surface area contributed by atoms with E-state index in [4.69, 9.17) is 4.74 Å². The van der Waals surface area contributed by atoms with E-state index in [0.717, 1.165) is 17.7 Å². The summed E-state index contributed by atoms with van der Waals surface area (Å²) in [6, 6.07) is 6.69. The predicted molar refractivity (Wildman–Crippen MR) is 83.6 cm³/mol. The standard InChI is InChI=1S/C18H18O3/c1-21-18-12-6-15(7-13-18)5-11-17(20)10-4-14-2-8-16(19)9-3-14/h2-6,8-13,15,19H,7H2,1H3/b10-4+,11-5+. The molecule has 0 amide bonds. The molecular weight excluding hydrogens is 264 g/mol. The Kier molecular flexibility index (Phi) is 5.16. The maximum absolute atomic E-state index is 11.8. The molecule has 1 aromatic rings. The number of ether oxygens (including phenoxy) is 1. The van der Waals surface area contributed by atoms with Gasteiger partial charge in [0.05, 0.1) is 7.11 Å². The van der Waals surface area contributed by atoms with Crippen LogP contribution in [0.5, 0.6) is 5.75 Å². The molecule has 108 valence electrons. The molecule has 1 aromatic carbocycles. The summed E-state index contributed by atoms with van der Waals surface area (Å²) in [5, 5.41) is 9.18. The van der Waals surface area contributed by atoms with Gasteiger partial charge in [-0.15, -0.1) is 0 Å². The monoisotopic (exact) mass is 282 g/mol. The van der Waals surface area contributed by atoms with Crippen molar-refractivity contribution in [2.45, 2.75) is 6.42 Å². The second-order valence-corrected chi connectivity index (χ2v) is 4.76. The number of methoxy groups -OCH3 is 1. The van der Waals surface area contributed by atoms with Gasteiger partial charge in [-0.2, -0.15) is 0 Å². The highest BCUT2D eigenvalue weighted by molar-refractivity contribution is 6.02. The molecular formula is C18H18O3. The molecule has 0 heterocycles. The van der Waals surface area contributed by atoms with Crippen LogP contribution in [0.1, 0.15) is 12.0 Å². The molecule has 1 unspecified atom stereocenters. The van der Waals surface area contributed by atoms with E-state index in [1.807, 2.05) is 24.3 Å². The zero-order valence-electron chi connectivity index (χ0n) is 11.9. The van der Waals surface area contributed by atoms with Gasteiger partial charge in [0.2, 0.25) is 0 Å². The largest absolute Gasteiger partial charge is 0.508 e. The van der Waals surface area contributed by atoms with E-state index >= 15 is 0 Å². The van der Waals surface area contributed by atoms with Crippen molar-refractivity contribution in [3.05, 3.63) is 72.0 Å². The third-order valence-electron chi connectivity index (χ3n) is 3.18. The van der Waals surface area contributed by atoms with Crippen molar-refractivity contribution in [1.29, 1.82) is 0 Å². The number of rotatable bonds is 5. The van der Waals surface area contributed by atoms with Gasteiger partial charge >= 0.3 is 0 Å². The number of phenols is 1. The molecule has 0 saturated carbocycles. The molecule has 0 aromatic heterocycles. The van der Waals surface area contributed by atoms with Crippen LogP contribution in [-0.2, 0) is 9.53 Å². The Morgan fingerprint density at radius 3 is 2.67 bits per heavy atom. The minimum absolute atomic E-state index is 0.0574. The van der Waals surface area contributed by atoms with Crippen molar-refractivity contribution < 1.29 is 14.6 Å². The summed E-state index contributed by atoms with van der Waals surface area (Å²) in [7, 11) is 1.64. The lowest BCUT2D eigenvalue weighted by Gasteiger charge is -2.11. The highest BCUT2D eigenvalue weighted by Gasteiger charge is 2.05. The van der Waals surface area contributed by atoms with Gasteiger partial charge in [-0.05, 0) is 54.3 Å². The summed E-state index contributed by atoms with van der Waals surface area (Å²) in [6.45, 7) is 0. The Balaban J connectivity index is 1.87. The van der Waals surface area contributed by atoms with Crippen molar-refractivity contribution in [1.82, 2.24) is 0 Å². The second kappa shape index (κ2) is 7.29. The van der Waals surface area contributed by atoms with Gasteiger partial charge in [0, 0.05) is 0 Å². The average molecular weight is 282 g/mol. The quantitative estimate of drug-likeness (QED) is 0.839. The van der Waals surface area contributed by atoms with E-state index < -0.39 is 0 Å². The highest BCUT2D eigenvalue weighted by Crippen LogP contribution is 2.17. The van der Waals surface area contributed by atoms with E-state index in [0.29, 0.717) is 0 Å². The van der Waals surface area contributed by atoms with Crippen LogP contribution in [0.25, 0.3) is 6.08 Å². The third kappa shape index (κ3) is 4.80. The van der Waals surface area contributed by atoms with Gasteiger partial charge in [-0.25, -0.2) is 0 Å². The number of carbonyl (C=O) groups is 1. The minimum atomic E-state index is -0.0574. The zero-order valence-corrected chi connectivity index (χ0v) is 11.9. The summed E-state index contributed by atoms with van der Waals surface area (Å²) in [5.74, 6) is 1.25. The molecule has 1 N–H and O–H groups in total. The number of phenolic OH excluding ortho intramolecular Hbond substituents is 1. The summed E-state index contributed by atoms with van der Waals surface area (Å²) >= 11 is 0. The van der Waals surface area contributed by atoms with Crippen LogP contribution in [0.15, 0.2) is 66.5 Å². The molecule has 0 radical (unpaired) electrons. The fraction of sp³-hybridized carbons (Fsp3) is 0.167. The normalized spacial score (nSPS) is 18.1. The summed E-state index contributed by atoms with van der Waals surface area (Å²) in [5.41, 5.74) is 0.875. The number of allylic oxidation sites excluding steroid dienone is 6. The number of hydrogen-bond acceptors (Lipinski definition) is 3. The van der Waals surface area contributed by atoms with E-state index in [-0.39, 0.29) is 17.5 Å². The van der Waals surface area contributed by atoms with Gasteiger partial charge in [-0.3, -0.25) is 4.79 Å². The Hall–Kier alpha value is -2.55. The molecule has 21 heavy (non-hydrogen) atoms. The van der Waals surface area contributed by atoms with Gasteiger partial charge < -0.3 is 9.84 Å². The van der Waals surface area contributed by atoms with Crippen molar-refractivity contribution in [2.24, 2.45) is 5.92 Å². The lowest BCUT2D eigenvalue weighted by Crippen LogP contribution is -1.98. The number of carbonyl (C=O) groups excluding carboxylic acids is 1. The summed E-state index contributed by atoms with van der Waals surface area (Å²) in [4.78, 5) is 11.8. The zero-order chi connectivity index (χ0) is 15.1. The van der Waals surface area contributed by atoms with Crippen molar-refractivity contribution in [3.8, 4) is 5.75 Å². The van der Waals surface area contributed by atoms with Crippen LogP contribution >= 0.6 is 0 Å². The van der Waals surface area contributed by atoms with Crippen LogP contribution < -0.4 is 0 Å². The second-order valence-electron chi connectivity index (χ2n) is 4.76. The number of benzene rings is 1.